The molecule has 0 aliphatic heterocycles. The SMILES string of the molecule is Cc1ccc2c(c1)nc(CCl)n2CCCC1CCCC1. The number of benzene rings is 1. The van der Waals surface area contributed by atoms with Crippen LogP contribution in [-0.4, -0.2) is 9.55 Å². The average molecular weight is 291 g/mol. The molecule has 0 unspecified atom stereocenters. The second-order valence-corrected chi connectivity index (χ2v) is 6.37. The zero-order chi connectivity index (χ0) is 13.9. The summed E-state index contributed by atoms with van der Waals surface area (Å²) in [4.78, 5) is 4.67. The summed E-state index contributed by atoms with van der Waals surface area (Å²) >= 11 is 6.07. The van der Waals surface area contributed by atoms with Gasteiger partial charge in [0.2, 0.25) is 0 Å². The zero-order valence-electron chi connectivity index (χ0n) is 12.2. The summed E-state index contributed by atoms with van der Waals surface area (Å²) < 4.78 is 2.32. The van der Waals surface area contributed by atoms with Crippen molar-refractivity contribution in [3.8, 4) is 0 Å². The first-order chi connectivity index (χ1) is 9.78. The Balaban J connectivity index is 1.75. The van der Waals surface area contributed by atoms with Crippen LogP contribution >= 0.6 is 11.6 Å². The van der Waals surface area contributed by atoms with Crippen molar-refractivity contribution in [1.29, 1.82) is 0 Å². The molecule has 108 valence electrons. The fourth-order valence-corrected chi connectivity index (χ4v) is 3.68. The topological polar surface area (TPSA) is 17.8 Å². The molecule has 2 aromatic rings. The largest absolute Gasteiger partial charge is 0.327 e. The molecule has 3 heteroatoms. The fraction of sp³-hybridized carbons (Fsp3) is 0.588. The number of fused-ring (bicyclic) bond motifs is 1. The van der Waals surface area contributed by atoms with E-state index < -0.39 is 0 Å². The molecule has 3 rings (SSSR count). The van der Waals surface area contributed by atoms with Gasteiger partial charge in [-0.25, -0.2) is 4.98 Å². The molecule has 1 aromatic heterocycles. The second kappa shape index (κ2) is 6.17. The number of hydrogen-bond acceptors (Lipinski definition) is 1. The maximum Gasteiger partial charge on any atom is 0.124 e. The third kappa shape index (κ3) is 2.85. The molecule has 1 saturated carbocycles. The minimum atomic E-state index is 0.497. The lowest BCUT2D eigenvalue weighted by Gasteiger charge is -2.11. The molecule has 0 spiro atoms. The van der Waals surface area contributed by atoms with Gasteiger partial charge in [0.25, 0.3) is 0 Å². The average Bonchev–Trinajstić information content (AvgIpc) is 3.06. The molecule has 0 amide bonds. The van der Waals surface area contributed by atoms with Crippen molar-refractivity contribution in [3.63, 3.8) is 0 Å². The molecule has 1 aliphatic carbocycles. The van der Waals surface area contributed by atoms with Crippen LogP contribution < -0.4 is 0 Å². The first-order valence-electron chi connectivity index (χ1n) is 7.79. The number of aromatic nitrogens is 2. The molecule has 0 radical (unpaired) electrons. The lowest BCUT2D eigenvalue weighted by Crippen LogP contribution is -2.04. The molecular weight excluding hydrogens is 268 g/mol. The lowest BCUT2D eigenvalue weighted by atomic mass is 10.0. The van der Waals surface area contributed by atoms with Crippen LogP contribution in [0.5, 0.6) is 0 Å². The van der Waals surface area contributed by atoms with E-state index >= 15 is 0 Å². The van der Waals surface area contributed by atoms with Gasteiger partial charge in [-0.05, 0) is 43.4 Å². The van der Waals surface area contributed by atoms with Gasteiger partial charge in [0.05, 0.1) is 16.9 Å². The summed E-state index contributed by atoms with van der Waals surface area (Å²) in [5, 5.41) is 0. The molecule has 1 fully saturated rings. The van der Waals surface area contributed by atoms with Gasteiger partial charge >= 0.3 is 0 Å². The van der Waals surface area contributed by atoms with E-state index in [-0.39, 0.29) is 0 Å². The number of halogens is 1. The van der Waals surface area contributed by atoms with Gasteiger partial charge in [-0.3, -0.25) is 0 Å². The first kappa shape index (κ1) is 13.9. The van der Waals surface area contributed by atoms with E-state index in [9.17, 15) is 0 Å². The highest BCUT2D eigenvalue weighted by Crippen LogP contribution is 2.29. The van der Waals surface area contributed by atoms with Crippen molar-refractivity contribution >= 4 is 22.6 Å². The molecule has 0 atom stereocenters. The lowest BCUT2D eigenvalue weighted by molar-refractivity contribution is 0.459. The minimum absolute atomic E-state index is 0.497. The van der Waals surface area contributed by atoms with Crippen molar-refractivity contribution in [3.05, 3.63) is 29.6 Å². The monoisotopic (exact) mass is 290 g/mol. The molecule has 2 nitrogen and oxygen atoms in total. The van der Waals surface area contributed by atoms with Crippen LogP contribution in [0.3, 0.4) is 0 Å². The molecule has 1 heterocycles. The van der Waals surface area contributed by atoms with Crippen molar-refractivity contribution < 1.29 is 0 Å². The summed E-state index contributed by atoms with van der Waals surface area (Å²) in [5.74, 6) is 2.47. The van der Waals surface area contributed by atoms with Gasteiger partial charge in [-0.1, -0.05) is 31.7 Å². The van der Waals surface area contributed by atoms with Gasteiger partial charge in [0, 0.05) is 6.54 Å². The van der Waals surface area contributed by atoms with Gasteiger partial charge in [-0.2, -0.15) is 0 Å². The quantitative estimate of drug-likeness (QED) is 0.704. The molecular formula is C17H23ClN2. The summed E-state index contributed by atoms with van der Waals surface area (Å²) in [5.41, 5.74) is 3.58. The van der Waals surface area contributed by atoms with E-state index in [0.717, 1.165) is 23.8 Å². The third-order valence-corrected chi connectivity index (χ3v) is 4.81. The van der Waals surface area contributed by atoms with Crippen molar-refractivity contribution in [1.82, 2.24) is 9.55 Å². The van der Waals surface area contributed by atoms with E-state index in [4.69, 9.17) is 11.6 Å². The molecule has 0 bridgehead atoms. The van der Waals surface area contributed by atoms with Crippen LogP contribution in [0.25, 0.3) is 11.0 Å². The summed E-state index contributed by atoms with van der Waals surface area (Å²) in [6.45, 7) is 3.16. The maximum atomic E-state index is 6.07. The standard InChI is InChI=1S/C17H23ClN2/c1-13-8-9-16-15(11-13)19-17(12-18)20(16)10-4-7-14-5-2-3-6-14/h8-9,11,14H,2-7,10,12H2,1H3. The Morgan fingerprint density at radius 1 is 1.30 bits per heavy atom. The van der Waals surface area contributed by atoms with Crippen molar-refractivity contribution in [2.24, 2.45) is 5.92 Å². The van der Waals surface area contributed by atoms with Gasteiger partial charge in [0.15, 0.2) is 0 Å². The predicted octanol–water partition coefficient (Wildman–Crippen LogP) is 5.05. The molecule has 1 aliphatic rings. The third-order valence-electron chi connectivity index (χ3n) is 4.57. The fourth-order valence-electron chi connectivity index (χ4n) is 3.48. The Hall–Kier alpha value is -1.02. The van der Waals surface area contributed by atoms with Crippen LogP contribution in [-0.2, 0) is 12.4 Å². The van der Waals surface area contributed by atoms with Crippen LogP contribution in [0, 0.1) is 12.8 Å². The van der Waals surface area contributed by atoms with Gasteiger partial charge in [-0.15, -0.1) is 11.6 Å². The van der Waals surface area contributed by atoms with Crippen LogP contribution in [0.2, 0.25) is 0 Å². The minimum Gasteiger partial charge on any atom is -0.327 e. The smallest absolute Gasteiger partial charge is 0.124 e. The second-order valence-electron chi connectivity index (χ2n) is 6.10. The number of rotatable bonds is 5. The number of hydrogen-bond donors (Lipinski definition) is 0. The molecule has 0 N–H and O–H groups in total. The summed E-state index contributed by atoms with van der Waals surface area (Å²) in [6.07, 6.45) is 8.34. The highest BCUT2D eigenvalue weighted by atomic mass is 35.5. The Bertz CT molecular complexity index is 582. The Kier molecular flexibility index (Phi) is 4.30. The van der Waals surface area contributed by atoms with Gasteiger partial charge in [0.1, 0.15) is 5.82 Å². The van der Waals surface area contributed by atoms with E-state index in [0.29, 0.717) is 5.88 Å². The van der Waals surface area contributed by atoms with Crippen LogP contribution in [0.4, 0.5) is 0 Å². The molecule has 0 saturated heterocycles. The maximum absolute atomic E-state index is 6.07. The highest BCUT2D eigenvalue weighted by Gasteiger charge is 2.15. The Morgan fingerprint density at radius 3 is 2.85 bits per heavy atom. The number of aryl methyl sites for hydroxylation is 2. The molecule has 1 aromatic carbocycles. The first-order valence-corrected chi connectivity index (χ1v) is 8.33. The van der Waals surface area contributed by atoms with Gasteiger partial charge < -0.3 is 4.57 Å². The van der Waals surface area contributed by atoms with E-state index in [1.54, 1.807) is 0 Å². The normalized spacial score (nSPS) is 16.3. The Labute approximate surface area is 126 Å². The summed E-state index contributed by atoms with van der Waals surface area (Å²) in [6, 6.07) is 6.50. The van der Waals surface area contributed by atoms with Crippen LogP contribution in [0.1, 0.15) is 49.9 Å². The van der Waals surface area contributed by atoms with E-state index in [2.05, 4.69) is 34.7 Å². The zero-order valence-corrected chi connectivity index (χ0v) is 13.0. The number of nitrogens with zero attached hydrogens (tertiary/aromatic N) is 2. The van der Waals surface area contributed by atoms with E-state index in [1.165, 1.54) is 49.6 Å². The van der Waals surface area contributed by atoms with E-state index in [1.807, 2.05) is 0 Å². The Morgan fingerprint density at radius 2 is 2.10 bits per heavy atom. The highest BCUT2D eigenvalue weighted by molar-refractivity contribution is 6.16. The number of imidazole rings is 1. The van der Waals surface area contributed by atoms with Crippen LogP contribution in [0.15, 0.2) is 18.2 Å². The van der Waals surface area contributed by atoms with Crippen molar-refractivity contribution in [2.45, 2.75) is 57.9 Å². The predicted molar refractivity (Wildman–Crippen MR) is 85.2 cm³/mol. The molecule has 20 heavy (non-hydrogen) atoms. The summed E-state index contributed by atoms with van der Waals surface area (Å²) in [7, 11) is 0. The van der Waals surface area contributed by atoms with Crippen molar-refractivity contribution in [2.75, 3.05) is 0 Å². The number of alkyl halides is 1.